The average molecular weight is 1230 g/mol. The Morgan fingerprint density at radius 1 is 0.747 bits per heavy atom. The Hall–Kier alpha value is -2.92. The normalized spacial score (nSPS) is 18.4. The van der Waals surface area contributed by atoms with Crippen LogP contribution in [0, 0.1) is 0 Å². The predicted octanol–water partition coefficient (Wildman–Crippen LogP) is 2.64. The van der Waals surface area contributed by atoms with Gasteiger partial charge in [-0.25, -0.2) is 14.4 Å². The number of carbonyl (C=O) groups is 5. The number of amides is 7. The minimum absolute atomic E-state index is 0. The first kappa shape index (κ1) is 76.3. The summed E-state index contributed by atoms with van der Waals surface area (Å²) in [7, 11) is 7.81. The largest absolute Gasteiger partial charge is 1.00 e. The van der Waals surface area contributed by atoms with Crippen molar-refractivity contribution in [2.45, 2.75) is 43.2 Å². The number of hydrogen-bond acceptors (Lipinski definition) is 12. The van der Waals surface area contributed by atoms with Gasteiger partial charge in [0.25, 0.3) is 12.4 Å². The van der Waals surface area contributed by atoms with E-state index in [1.807, 2.05) is 71.7 Å². The molecule has 0 aliphatic carbocycles. The van der Waals surface area contributed by atoms with Gasteiger partial charge in [-0.1, -0.05) is 114 Å². The molecule has 6 N–H and O–H groups in total. The van der Waals surface area contributed by atoms with Crippen molar-refractivity contribution < 1.29 is 118 Å². The van der Waals surface area contributed by atoms with Crippen LogP contribution < -0.4 is 87.4 Å². The summed E-state index contributed by atoms with van der Waals surface area (Å²) in [5.74, 6) is -0.256. The van der Waals surface area contributed by atoms with Gasteiger partial charge in [0, 0.05) is 97.7 Å². The number of halogens is 5. The second kappa shape index (κ2) is 39.4. The molecule has 20 nitrogen and oxygen atoms in total. The van der Waals surface area contributed by atoms with Gasteiger partial charge in [-0.3, -0.25) is 14.5 Å². The van der Waals surface area contributed by atoms with Crippen molar-refractivity contribution in [1.29, 1.82) is 0 Å². The number of alkyl halides is 4. The van der Waals surface area contributed by atoms with Gasteiger partial charge in [-0.05, 0) is 39.8 Å². The molecule has 4 aromatic rings. The van der Waals surface area contributed by atoms with Gasteiger partial charge in [0.1, 0.15) is 17.0 Å². The van der Waals surface area contributed by atoms with E-state index < -0.39 is 29.0 Å². The topological polar surface area (TPSA) is 276 Å². The number of rotatable bonds is 12. The van der Waals surface area contributed by atoms with E-state index in [9.17, 15) is 32.3 Å². The number of likely N-dealkylation sites (N-methyl/N-ethyl adjacent to an activating group) is 3. The molecule has 3 saturated heterocycles. The summed E-state index contributed by atoms with van der Waals surface area (Å²) in [5, 5.41) is 20.1. The van der Waals surface area contributed by atoms with Crippen LogP contribution in [0.1, 0.15) is 22.3 Å². The van der Waals surface area contributed by atoms with Crippen LogP contribution in [0.2, 0.25) is 13.6 Å². The zero-order chi connectivity index (χ0) is 54.5. The van der Waals surface area contributed by atoms with Crippen molar-refractivity contribution in [2.24, 2.45) is 0 Å². The van der Waals surface area contributed by atoms with Crippen LogP contribution in [0.5, 0.6) is 11.5 Å². The maximum Gasteiger partial charge on any atom is 1.00 e. The maximum atomic E-state index is 12.5. The fraction of sp³-hybridized carbons (Fsp3) is 0.370. The van der Waals surface area contributed by atoms with Gasteiger partial charge in [-0.2, -0.15) is 0 Å². The quantitative estimate of drug-likeness (QED) is 0.0303. The van der Waals surface area contributed by atoms with Gasteiger partial charge in [-0.15, -0.1) is 38.7 Å². The number of hydrogen-bond donors (Lipinski definition) is 4. The summed E-state index contributed by atoms with van der Waals surface area (Å²) >= 11 is 2.15. The van der Waals surface area contributed by atoms with Gasteiger partial charge >= 0.3 is 113 Å². The summed E-state index contributed by atoms with van der Waals surface area (Å²) < 4.78 is 64.4. The summed E-state index contributed by atoms with van der Waals surface area (Å²) in [6, 6.07) is 31.3. The second-order valence-electron chi connectivity index (χ2n) is 15.2. The molecule has 0 spiro atoms. The molecule has 0 bridgehead atoms. The SMILES string of the molecule is CB=O.CB=O.CI.CN1C(=O)NC(C[NH-])(c2ccccc2)C1=O.CN1CC(C[NH-])(c2ccccc2)NC1=O.COc1ccc(OC(F)(F)F)cc1CNCC1(c2ccccc2)CN(C)C(=O)N1.Cl.O=CO[O-].[K+].[K]. The van der Waals surface area contributed by atoms with Gasteiger partial charge in [0.2, 0.25) is 0 Å². The minimum atomic E-state index is -4.77. The minimum Gasteiger partial charge on any atom is -0.675 e. The number of imide groups is 1. The molecule has 0 aromatic heterocycles. The van der Waals surface area contributed by atoms with E-state index in [1.54, 1.807) is 48.2 Å². The first-order valence-corrected chi connectivity index (χ1v) is 23.6. The maximum absolute atomic E-state index is 12.5. The number of benzene rings is 4. The molecule has 7 rings (SSSR count). The number of nitrogens with one attached hydrogen (secondary N) is 6. The summed E-state index contributed by atoms with van der Waals surface area (Å²) in [5.41, 5.74) is 15.8. The Kier molecular flexibility index (Phi) is 40.1. The first-order chi connectivity index (χ1) is 34.3. The summed E-state index contributed by atoms with van der Waals surface area (Å²) in [6.07, 6.45) is -4.77. The molecule has 3 atom stereocenters. The molecular weight excluding hydrogens is 1170 g/mol. The van der Waals surface area contributed by atoms with Crippen LogP contribution in [-0.2, 0) is 47.0 Å². The molecule has 3 aliphatic heterocycles. The van der Waals surface area contributed by atoms with Gasteiger partial charge in [0.15, 0.2) is 0 Å². The Bertz CT molecular complexity index is 2340. The summed E-state index contributed by atoms with van der Waals surface area (Å²) in [4.78, 5) is 64.4. The standard InChI is InChI=1S/C20H22F3N3O3.C11H12N3O2.C11H14N3O.2CH3BO.CH3I.CH2O3.ClH.2K/c1-26-13-19(25-18(26)27,15-6-4-3-5-7-15)12-24-11-14-10-16(29-20(21,22)23)8-9-17(14)28-2;1-14-9(15)11(7-12,13-10(14)16)8-5-3-2-4-6-8;1-14-8-11(7-12,13-10(14)15)9-5-3-2-4-6-9;2*1-2-3;1-2;2-1-4-3;;;/h3-10,24H,11-13H2,1-2H3,(H,25,27);2-6,12H,7H2,1H3,(H,13,16);2-6,12H,7-8H2,1H3,(H,13,15);2*1H3;1H3;1,3H;1H;;/q;2*-1;;;;;;;+1/p-1. The van der Waals surface area contributed by atoms with Crippen LogP contribution >= 0.6 is 35.0 Å². The fourth-order valence-electron chi connectivity index (χ4n) is 7.22. The predicted molar refractivity (Wildman–Crippen MR) is 282 cm³/mol. The van der Waals surface area contributed by atoms with Crippen molar-refractivity contribution >= 4 is 131 Å². The zero-order valence-corrected chi connectivity index (χ0v) is 52.3. The van der Waals surface area contributed by atoms with Crippen molar-refractivity contribution in [3.05, 3.63) is 143 Å². The molecular formula is C46H59B2ClF3IK2N9O11-2. The van der Waals surface area contributed by atoms with E-state index in [0.717, 1.165) is 30.3 Å². The molecule has 1 radical (unpaired) electrons. The number of urea groups is 3. The number of ether oxygens (including phenoxy) is 2. The van der Waals surface area contributed by atoms with E-state index in [4.69, 9.17) is 35.7 Å². The molecule has 3 fully saturated rings. The van der Waals surface area contributed by atoms with Crippen molar-refractivity contribution in [3.63, 3.8) is 0 Å². The van der Waals surface area contributed by atoms with E-state index >= 15 is 0 Å². The Morgan fingerprint density at radius 2 is 1.16 bits per heavy atom. The Labute approximate surface area is 541 Å². The molecule has 3 heterocycles. The fourth-order valence-corrected chi connectivity index (χ4v) is 7.22. The Morgan fingerprint density at radius 3 is 1.49 bits per heavy atom. The zero-order valence-electron chi connectivity index (χ0n) is 43.1. The molecule has 0 saturated carbocycles. The third-order valence-electron chi connectivity index (χ3n) is 10.4. The third kappa shape index (κ3) is 23.5. The second-order valence-corrected chi connectivity index (χ2v) is 15.2. The molecule has 399 valence electrons. The first-order valence-electron chi connectivity index (χ1n) is 21.4. The Balaban J connectivity index is -0.000000965. The van der Waals surface area contributed by atoms with Crippen LogP contribution in [-0.4, -0.2) is 183 Å². The number of nitrogens with zero attached hydrogens (tertiary/aromatic N) is 3. The van der Waals surface area contributed by atoms with E-state index in [1.165, 1.54) is 46.0 Å². The van der Waals surface area contributed by atoms with Gasteiger partial charge < -0.3 is 62.2 Å². The third-order valence-corrected chi connectivity index (χ3v) is 10.4. The van der Waals surface area contributed by atoms with E-state index in [2.05, 4.69) is 53.5 Å². The van der Waals surface area contributed by atoms with Crippen LogP contribution in [0.3, 0.4) is 0 Å². The molecule has 3 unspecified atom stereocenters. The van der Waals surface area contributed by atoms with Crippen LogP contribution in [0.15, 0.2) is 109 Å². The summed E-state index contributed by atoms with van der Waals surface area (Å²) in [6.45, 7) is 4.28. The van der Waals surface area contributed by atoms with Crippen LogP contribution in [0.4, 0.5) is 27.6 Å². The van der Waals surface area contributed by atoms with Gasteiger partial charge in [0.05, 0.1) is 24.7 Å². The van der Waals surface area contributed by atoms with Crippen molar-refractivity contribution in [1.82, 2.24) is 36.0 Å². The average Bonchev–Trinajstić information content (AvgIpc) is 3.95. The molecule has 4 aromatic carbocycles. The molecule has 75 heavy (non-hydrogen) atoms. The monoisotopic (exact) mass is 1230 g/mol. The molecule has 3 aliphatic rings. The number of carbonyl (C=O) groups excluding carboxylic acids is 5. The smallest absolute Gasteiger partial charge is 0.675 e. The van der Waals surface area contributed by atoms with E-state index in [0.29, 0.717) is 36.5 Å². The number of methoxy groups -OCH3 is 1. The van der Waals surface area contributed by atoms with Crippen molar-refractivity contribution in [3.8, 4) is 11.5 Å². The molecule has 7 amide bonds. The van der Waals surface area contributed by atoms with Crippen molar-refractivity contribution in [2.75, 3.05) is 65.9 Å². The van der Waals surface area contributed by atoms with E-state index in [-0.39, 0.29) is 165 Å². The molecule has 29 heteroatoms. The van der Waals surface area contributed by atoms with Crippen LogP contribution in [0.25, 0.3) is 11.5 Å².